The van der Waals surface area contributed by atoms with E-state index in [9.17, 15) is 14.9 Å². The molecule has 1 aromatic carbocycles. The summed E-state index contributed by atoms with van der Waals surface area (Å²) in [5.74, 6) is -0.490. The zero-order valence-electron chi connectivity index (χ0n) is 8.80. The van der Waals surface area contributed by atoms with E-state index in [1.807, 2.05) is 0 Å². The van der Waals surface area contributed by atoms with E-state index in [0.29, 0.717) is 11.3 Å². The SMILES string of the molecule is CCOC(=O)Cc1ccc(N)cc1[N+](=O)[O-]. The molecule has 0 spiro atoms. The third kappa shape index (κ3) is 2.94. The molecule has 0 heterocycles. The van der Waals surface area contributed by atoms with Crippen molar-refractivity contribution in [3.63, 3.8) is 0 Å². The van der Waals surface area contributed by atoms with Crippen LogP contribution in [0.4, 0.5) is 11.4 Å². The number of rotatable bonds is 4. The van der Waals surface area contributed by atoms with Gasteiger partial charge in [0.2, 0.25) is 0 Å². The lowest BCUT2D eigenvalue weighted by molar-refractivity contribution is -0.385. The molecule has 1 aromatic rings. The molecule has 0 fully saturated rings. The van der Waals surface area contributed by atoms with Crippen LogP contribution in [0.5, 0.6) is 0 Å². The van der Waals surface area contributed by atoms with Crippen LogP contribution < -0.4 is 5.73 Å². The van der Waals surface area contributed by atoms with Gasteiger partial charge in [0.1, 0.15) is 0 Å². The second kappa shape index (κ2) is 5.11. The zero-order chi connectivity index (χ0) is 12.1. The third-order valence-electron chi connectivity index (χ3n) is 1.95. The first kappa shape index (κ1) is 12.0. The number of carbonyl (C=O) groups is 1. The van der Waals surface area contributed by atoms with Crippen molar-refractivity contribution in [1.82, 2.24) is 0 Å². The second-order valence-electron chi connectivity index (χ2n) is 3.13. The summed E-state index contributed by atoms with van der Waals surface area (Å²) in [5, 5.41) is 10.7. The molecule has 6 heteroatoms. The monoisotopic (exact) mass is 224 g/mol. The number of nitrogens with two attached hydrogens (primary N) is 1. The lowest BCUT2D eigenvalue weighted by atomic mass is 10.1. The molecule has 2 N–H and O–H groups in total. The van der Waals surface area contributed by atoms with Gasteiger partial charge in [-0.2, -0.15) is 0 Å². The first-order valence-electron chi connectivity index (χ1n) is 4.73. The summed E-state index contributed by atoms with van der Waals surface area (Å²) in [4.78, 5) is 21.3. The van der Waals surface area contributed by atoms with Gasteiger partial charge in [0, 0.05) is 17.3 Å². The minimum absolute atomic E-state index is 0.121. The fraction of sp³-hybridized carbons (Fsp3) is 0.300. The van der Waals surface area contributed by atoms with E-state index >= 15 is 0 Å². The van der Waals surface area contributed by atoms with Crippen LogP contribution in [0.1, 0.15) is 12.5 Å². The van der Waals surface area contributed by atoms with Crippen molar-refractivity contribution in [1.29, 1.82) is 0 Å². The number of carbonyl (C=O) groups excluding carboxylic acids is 1. The van der Waals surface area contributed by atoms with Crippen LogP contribution in [0.3, 0.4) is 0 Å². The van der Waals surface area contributed by atoms with E-state index in [0.717, 1.165) is 0 Å². The zero-order valence-corrected chi connectivity index (χ0v) is 8.80. The molecule has 0 aliphatic rings. The third-order valence-corrected chi connectivity index (χ3v) is 1.95. The van der Waals surface area contributed by atoms with E-state index in [2.05, 4.69) is 0 Å². The first-order chi connectivity index (χ1) is 7.54. The molecule has 0 atom stereocenters. The van der Waals surface area contributed by atoms with E-state index in [-0.39, 0.29) is 18.7 Å². The van der Waals surface area contributed by atoms with Crippen molar-refractivity contribution >= 4 is 17.3 Å². The fourth-order valence-electron chi connectivity index (χ4n) is 1.27. The molecular weight excluding hydrogens is 212 g/mol. The number of benzene rings is 1. The standard InChI is InChI=1S/C10H12N2O4/c1-2-16-10(13)5-7-3-4-8(11)6-9(7)12(14)15/h3-4,6H,2,5,11H2,1H3. The van der Waals surface area contributed by atoms with Crippen molar-refractivity contribution in [2.75, 3.05) is 12.3 Å². The molecular formula is C10H12N2O4. The van der Waals surface area contributed by atoms with Gasteiger partial charge in [-0.05, 0) is 19.1 Å². The van der Waals surface area contributed by atoms with Crippen LogP contribution in [0.15, 0.2) is 18.2 Å². The molecule has 1 rings (SSSR count). The van der Waals surface area contributed by atoms with Crippen molar-refractivity contribution in [3.05, 3.63) is 33.9 Å². The van der Waals surface area contributed by atoms with E-state index in [4.69, 9.17) is 10.5 Å². The van der Waals surface area contributed by atoms with Crippen molar-refractivity contribution in [2.45, 2.75) is 13.3 Å². The predicted molar refractivity (Wildman–Crippen MR) is 57.8 cm³/mol. The van der Waals surface area contributed by atoms with Crippen molar-refractivity contribution < 1.29 is 14.5 Å². The Kier molecular flexibility index (Phi) is 3.82. The highest BCUT2D eigenvalue weighted by Gasteiger charge is 2.17. The molecule has 0 aromatic heterocycles. The average Bonchev–Trinajstić information content (AvgIpc) is 2.20. The molecule has 16 heavy (non-hydrogen) atoms. The molecule has 0 aliphatic carbocycles. The summed E-state index contributed by atoms with van der Waals surface area (Å²) in [5.41, 5.74) is 5.87. The number of nitrogens with zero attached hydrogens (tertiary/aromatic N) is 1. The van der Waals surface area contributed by atoms with Crippen LogP contribution >= 0.6 is 0 Å². The predicted octanol–water partition coefficient (Wildman–Crippen LogP) is 1.28. The van der Waals surface area contributed by atoms with E-state index in [1.165, 1.54) is 18.2 Å². The van der Waals surface area contributed by atoms with Crippen LogP contribution in [0.2, 0.25) is 0 Å². The Morgan fingerprint density at radius 2 is 2.25 bits per heavy atom. The minimum atomic E-state index is -0.565. The van der Waals surface area contributed by atoms with Gasteiger partial charge in [0.25, 0.3) is 5.69 Å². The highest BCUT2D eigenvalue weighted by Crippen LogP contribution is 2.22. The topological polar surface area (TPSA) is 95.5 Å². The summed E-state index contributed by atoms with van der Waals surface area (Å²) in [6.45, 7) is 1.93. The Morgan fingerprint density at radius 1 is 1.56 bits per heavy atom. The van der Waals surface area contributed by atoms with Crippen molar-refractivity contribution in [2.24, 2.45) is 0 Å². The molecule has 6 nitrogen and oxygen atoms in total. The Bertz CT molecular complexity index is 417. The van der Waals surface area contributed by atoms with Crippen LogP contribution in [0.25, 0.3) is 0 Å². The quantitative estimate of drug-likeness (QED) is 0.359. The molecule has 0 saturated carbocycles. The van der Waals surface area contributed by atoms with E-state index < -0.39 is 10.9 Å². The highest BCUT2D eigenvalue weighted by atomic mass is 16.6. The fourth-order valence-corrected chi connectivity index (χ4v) is 1.27. The summed E-state index contributed by atoms with van der Waals surface area (Å²) >= 11 is 0. The Morgan fingerprint density at radius 3 is 2.81 bits per heavy atom. The maximum Gasteiger partial charge on any atom is 0.310 e. The summed E-state index contributed by atoms with van der Waals surface area (Å²) < 4.78 is 4.72. The number of hydrogen-bond donors (Lipinski definition) is 1. The van der Waals surface area contributed by atoms with Crippen LogP contribution in [-0.4, -0.2) is 17.5 Å². The maximum atomic E-state index is 11.2. The van der Waals surface area contributed by atoms with Gasteiger partial charge in [-0.15, -0.1) is 0 Å². The number of nitro groups is 1. The van der Waals surface area contributed by atoms with E-state index in [1.54, 1.807) is 6.92 Å². The summed E-state index contributed by atoms with van der Waals surface area (Å²) in [7, 11) is 0. The van der Waals surface area contributed by atoms with Crippen molar-refractivity contribution in [3.8, 4) is 0 Å². The molecule has 0 unspecified atom stereocenters. The first-order valence-corrected chi connectivity index (χ1v) is 4.73. The van der Waals surface area contributed by atoms with Crippen LogP contribution in [0, 0.1) is 10.1 Å². The van der Waals surface area contributed by atoms with Gasteiger partial charge >= 0.3 is 5.97 Å². The Balaban J connectivity index is 2.95. The number of ether oxygens (including phenoxy) is 1. The Hall–Kier alpha value is -2.11. The average molecular weight is 224 g/mol. The van der Waals surface area contributed by atoms with Gasteiger partial charge in [0.15, 0.2) is 0 Å². The number of nitrogen functional groups attached to an aromatic ring is 1. The largest absolute Gasteiger partial charge is 0.466 e. The van der Waals surface area contributed by atoms with Gasteiger partial charge < -0.3 is 10.5 Å². The second-order valence-corrected chi connectivity index (χ2v) is 3.13. The smallest absolute Gasteiger partial charge is 0.310 e. The number of esters is 1. The summed E-state index contributed by atoms with van der Waals surface area (Å²) in [6, 6.07) is 4.21. The summed E-state index contributed by atoms with van der Waals surface area (Å²) in [6.07, 6.45) is -0.121. The minimum Gasteiger partial charge on any atom is -0.466 e. The highest BCUT2D eigenvalue weighted by molar-refractivity contribution is 5.74. The van der Waals surface area contributed by atoms with Gasteiger partial charge in [-0.3, -0.25) is 14.9 Å². The number of hydrogen-bond acceptors (Lipinski definition) is 5. The van der Waals surface area contributed by atoms with Crippen LogP contribution in [-0.2, 0) is 16.0 Å². The van der Waals surface area contributed by atoms with Gasteiger partial charge in [-0.1, -0.05) is 0 Å². The number of nitro benzene ring substituents is 1. The molecule has 0 saturated heterocycles. The molecule has 0 radical (unpaired) electrons. The molecule has 86 valence electrons. The van der Waals surface area contributed by atoms with Gasteiger partial charge in [-0.25, -0.2) is 0 Å². The molecule has 0 amide bonds. The molecule has 0 bridgehead atoms. The Labute approximate surface area is 92.2 Å². The normalized spacial score (nSPS) is 9.81. The number of anilines is 1. The lowest BCUT2D eigenvalue weighted by Gasteiger charge is -2.03. The molecule has 0 aliphatic heterocycles. The maximum absolute atomic E-state index is 11.2. The lowest BCUT2D eigenvalue weighted by Crippen LogP contribution is -2.09. The van der Waals surface area contributed by atoms with Gasteiger partial charge in [0.05, 0.1) is 18.0 Å².